The molecule has 0 aliphatic rings. The molecule has 0 aromatic heterocycles. The van der Waals surface area contributed by atoms with Crippen molar-refractivity contribution in [2.24, 2.45) is 17.8 Å². The largest absolute Gasteiger partial charge is 0.523 e. The second-order valence-electron chi connectivity index (χ2n) is 6.55. The van der Waals surface area contributed by atoms with E-state index in [0.717, 1.165) is 6.04 Å². The van der Waals surface area contributed by atoms with Gasteiger partial charge in [-0.25, -0.2) is 0 Å². The van der Waals surface area contributed by atoms with Gasteiger partial charge < -0.3 is 9.53 Å². The standard InChI is InChI=1S/C14H30O3Si/c1-10(2)7-14(16,8-11(3)4)13(15)17-18-9-12(5)6/h10-12,16H,7-9,18H2,1-6H3. The van der Waals surface area contributed by atoms with Gasteiger partial charge in [-0.1, -0.05) is 41.5 Å². The molecule has 0 bridgehead atoms. The molecule has 0 aliphatic carbocycles. The molecule has 0 saturated carbocycles. The molecule has 0 spiro atoms. The molecule has 3 nitrogen and oxygen atoms in total. The highest BCUT2D eigenvalue weighted by atomic mass is 28.2. The second kappa shape index (κ2) is 7.95. The van der Waals surface area contributed by atoms with Crippen molar-refractivity contribution >= 4 is 15.7 Å². The van der Waals surface area contributed by atoms with Crippen LogP contribution >= 0.6 is 0 Å². The van der Waals surface area contributed by atoms with Crippen molar-refractivity contribution < 1.29 is 14.3 Å². The smallest absolute Gasteiger partial charge is 0.324 e. The van der Waals surface area contributed by atoms with Crippen LogP contribution in [0.3, 0.4) is 0 Å². The van der Waals surface area contributed by atoms with Gasteiger partial charge in [0.1, 0.15) is 0 Å². The Balaban J connectivity index is 4.49. The van der Waals surface area contributed by atoms with E-state index in [1.165, 1.54) is 0 Å². The molecule has 0 fully saturated rings. The Morgan fingerprint density at radius 1 is 1.06 bits per heavy atom. The zero-order chi connectivity index (χ0) is 14.3. The molecule has 0 radical (unpaired) electrons. The van der Waals surface area contributed by atoms with Gasteiger partial charge in [0.2, 0.25) is 9.76 Å². The molecule has 1 N–H and O–H groups in total. The highest BCUT2D eigenvalue weighted by Gasteiger charge is 2.38. The van der Waals surface area contributed by atoms with Crippen LogP contribution in [0.5, 0.6) is 0 Å². The first-order valence-electron chi connectivity index (χ1n) is 7.07. The van der Waals surface area contributed by atoms with E-state index in [1.807, 2.05) is 27.7 Å². The van der Waals surface area contributed by atoms with Gasteiger partial charge in [0.15, 0.2) is 5.60 Å². The van der Waals surface area contributed by atoms with Crippen LogP contribution in [0.2, 0.25) is 6.04 Å². The third-order valence-corrected chi connectivity index (χ3v) is 4.66. The quantitative estimate of drug-likeness (QED) is 0.692. The number of carbonyl (C=O) groups is 1. The SMILES string of the molecule is CC(C)C[SiH2]OC(=O)C(O)(CC(C)C)CC(C)C. The van der Waals surface area contributed by atoms with Gasteiger partial charge in [-0.2, -0.15) is 0 Å². The van der Waals surface area contributed by atoms with Crippen molar-refractivity contribution in [1.29, 1.82) is 0 Å². The van der Waals surface area contributed by atoms with Gasteiger partial charge in [0.25, 0.3) is 0 Å². The number of carbonyl (C=O) groups excluding carboxylic acids is 1. The Morgan fingerprint density at radius 2 is 1.50 bits per heavy atom. The fraction of sp³-hybridized carbons (Fsp3) is 0.929. The van der Waals surface area contributed by atoms with E-state index in [4.69, 9.17) is 4.43 Å². The van der Waals surface area contributed by atoms with E-state index in [-0.39, 0.29) is 11.8 Å². The number of hydrogen-bond acceptors (Lipinski definition) is 3. The molecule has 0 heterocycles. The Bertz CT molecular complexity index is 239. The summed E-state index contributed by atoms with van der Waals surface area (Å²) < 4.78 is 5.37. The van der Waals surface area contributed by atoms with Crippen LogP contribution in [0.15, 0.2) is 0 Å². The van der Waals surface area contributed by atoms with Crippen molar-refractivity contribution in [2.45, 2.75) is 66.0 Å². The fourth-order valence-electron chi connectivity index (χ4n) is 2.12. The van der Waals surface area contributed by atoms with Gasteiger partial charge in [-0.3, -0.25) is 4.79 Å². The third-order valence-electron chi connectivity index (χ3n) is 2.80. The van der Waals surface area contributed by atoms with E-state index in [9.17, 15) is 9.90 Å². The van der Waals surface area contributed by atoms with Crippen molar-refractivity contribution in [1.82, 2.24) is 0 Å². The lowest BCUT2D eigenvalue weighted by atomic mass is 9.85. The predicted molar refractivity (Wildman–Crippen MR) is 78.1 cm³/mol. The highest BCUT2D eigenvalue weighted by molar-refractivity contribution is 6.30. The van der Waals surface area contributed by atoms with Gasteiger partial charge in [-0.15, -0.1) is 0 Å². The molecule has 0 saturated heterocycles. The molecule has 0 aromatic rings. The molecule has 0 atom stereocenters. The maximum absolute atomic E-state index is 12.1. The van der Waals surface area contributed by atoms with Crippen molar-refractivity contribution in [3.8, 4) is 0 Å². The normalized spacial score (nSPS) is 13.2. The summed E-state index contributed by atoms with van der Waals surface area (Å²) in [6.45, 7) is 12.3. The second-order valence-corrected chi connectivity index (χ2v) is 7.82. The summed E-state index contributed by atoms with van der Waals surface area (Å²) in [5, 5.41) is 10.5. The Morgan fingerprint density at radius 3 is 1.83 bits per heavy atom. The maximum atomic E-state index is 12.1. The Hall–Kier alpha value is -0.353. The minimum Gasteiger partial charge on any atom is -0.523 e. The van der Waals surface area contributed by atoms with Crippen LogP contribution < -0.4 is 0 Å². The molecule has 0 aliphatic heterocycles. The average molecular weight is 274 g/mol. The Kier molecular flexibility index (Phi) is 7.79. The summed E-state index contributed by atoms with van der Waals surface area (Å²) in [4.78, 5) is 12.1. The van der Waals surface area contributed by atoms with E-state index in [0.29, 0.717) is 18.8 Å². The number of rotatable bonds is 8. The van der Waals surface area contributed by atoms with Crippen molar-refractivity contribution in [2.75, 3.05) is 0 Å². The van der Waals surface area contributed by atoms with E-state index >= 15 is 0 Å². The molecule has 4 heteroatoms. The summed E-state index contributed by atoms with van der Waals surface area (Å²) in [6.07, 6.45) is 0.972. The zero-order valence-corrected chi connectivity index (χ0v) is 14.2. The molecular weight excluding hydrogens is 244 g/mol. The summed E-state index contributed by atoms with van der Waals surface area (Å²) in [6, 6.07) is 0.977. The molecule has 0 aromatic carbocycles. The molecule has 0 rings (SSSR count). The first-order chi connectivity index (χ1) is 8.17. The van der Waals surface area contributed by atoms with Gasteiger partial charge in [0, 0.05) is 0 Å². The lowest BCUT2D eigenvalue weighted by molar-refractivity contribution is -0.159. The monoisotopic (exact) mass is 274 g/mol. The summed E-state index contributed by atoms with van der Waals surface area (Å²) in [5.74, 6) is 0.742. The lowest BCUT2D eigenvalue weighted by Gasteiger charge is -2.29. The van der Waals surface area contributed by atoms with E-state index in [1.54, 1.807) is 0 Å². The topological polar surface area (TPSA) is 46.5 Å². The third kappa shape index (κ3) is 7.16. The molecule has 18 heavy (non-hydrogen) atoms. The average Bonchev–Trinajstić information content (AvgIpc) is 2.13. The van der Waals surface area contributed by atoms with Crippen LogP contribution in [0.25, 0.3) is 0 Å². The summed E-state index contributed by atoms with van der Waals surface area (Å²) >= 11 is 0. The summed E-state index contributed by atoms with van der Waals surface area (Å²) in [5.41, 5.74) is -1.29. The van der Waals surface area contributed by atoms with Crippen LogP contribution in [-0.2, 0) is 9.22 Å². The molecule has 0 unspecified atom stereocenters. The van der Waals surface area contributed by atoms with Crippen LogP contribution in [0, 0.1) is 17.8 Å². The van der Waals surface area contributed by atoms with Crippen LogP contribution in [-0.4, -0.2) is 26.4 Å². The number of aliphatic hydroxyl groups is 1. The van der Waals surface area contributed by atoms with Crippen molar-refractivity contribution in [3.05, 3.63) is 0 Å². The minimum absolute atomic E-state index is 0.285. The minimum atomic E-state index is -1.29. The molecule has 108 valence electrons. The fourth-order valence-corrected chi connectivity index (χ4v) is 3.17. The Labute approximate surface area is 114 Å². The number of hydrogen-bond donors (Lipinski definition) is 1. The van der Waals surface area contributed by atoms with E-state index < -0.39 is 21.3 Å². The lowest BCUT2D eigenvalue weighted by Crippen LogP contribution is -2.43. The summed E-state index contributed by atoms with van der Waals surface area (Å²) in [7, 11) is -0.841. The first-order valence-corrected chi connectivity index (χ1v) is 8.64. The van der Waals surface area contributed by atoms with Gasteiger partial charge in [0.05, 0.1) is 0 Å². The van der Waals surface area contributed by atoms with Gasteiger partial charge >= 0.3 is 5.97 Å². The van der Waals surface area contributed by atoms with Crippen LogP contribution in [0.4, 0.5) is 0 Å². The highest BCUT2D eigenvalue weighted by Crippen LogP contribution is 2.26. The van der Waals surface area contributed by atoms with Crippen LogP contribution in [0.1, 0.15) is 54.4 Å². The van der Waals surface area contributed by atoms with Crippen molar-refractivity contribution in [3.63, 3.8) is 0 Å². The predicted octanol–water partition coefficient (Wildman–Crippen LogP) is 2.51. The zero-order valence-electron chi connectivity index (χ0n) is 12.8. The maximum Gasteiger partial charge on any atom is 0.324 e. The molecular formula is C14H30O3Si. The molecule has 0 amide bonds. The van der Waals surface area contributed by atoms with E-state index in [2.05, 4.69) is 13.8 Å². The van der Waals surface area contributed by atoms with Gasteiger partial charge in [-0.05, 0) is 36.6 Å². The first kappa shape index (κ1) is 17.6.